The van der Waals surface area contributed by atoms with E-state index in [1.165, 1.54) is 11.3 Å². The molecule has 1 aromatic carbocycles. The molecule has 0 atom stereocenters. The Bertz CT molecular complexity index is 613. The van der Waals surface area contributed by atoms with Crippen molar-refractivity contribution in [1.82, 2.24) is 5.43 Å². The molecule has 0 spiro atoms. The highest BCUT2D eigenvalue weighted by Crippen LogP contribution is 2.23. The van der Waals surface area contributed by atoms with E-state index in [-0.39, 0.29) is 5.91 Å². The molecule has 0 bridgehead atoms. The number of nitrogen functional groups attached to an aromatic ring is 1. The van der Waals surface area contributed by atoms with Gasteiger partial charge in [0.1, 0.15) is 0 Å². The Morgan fingerprint density at radius 2 is 2.05 bits per heavy atom. The molecular formula is C14H15BrN2O2S. The predicted octanol–water partition coefficient (Wildman–Crippen LogP) is 3.14. The Hall–Kier alpha value is -1.21. The van der Waals surface area contributed by atoms with Gasteiger partial charge < -0.3 is 4.74 Å². The van der Waals surface area contributed by atoms with Gasteiger partial charge in [-0.3, -0.25) is 10.2 Å². The van der Waals surface area contributed by atoms with E-state index in [2.05, 4.69) is 21.4 Å². The number of benzene rings is 1. The van der Waals surface area contributed by atoms with Crippen LogP contribution in [-0.2, 0) is 18.0 Å². The summed E-state index contributed by atoms with van der Waals surface area (Å²) in [6.07, 6.45) is 0. The molecule has 3 N–H and O–H groups in total. The summed E-state index contributed by atoms with van der Waals surface area (Å²) in [5.41, 5.74) is 4.25. The fourth-order valence-corrected chi connectivity index (χ4v) is 3.06. The van der Waals surface area contributed by atoms with Gasteiger partial charge in [0.15, 0.2) is 0 Å². The second-order valence-electron chi connectivity index (χ2n) is 4.25. The fourth-order valence-electron chi connectivity index (χ4n) is 1.73. The van der Waals surface area contributed by atoms with Crippen molar-refractivity contribution in [3.63, 3.8) is 0 Å². The first-order valence-electron chi connectivity index (χ1n) is 6.03. The van der Waals surface area contributed by atoms with E-state index in [0.29, 0.717) is 18.1 Å². The van der Waals surface area contributed by atoms with Crippen LogP contribution in [0.25, 0.3) is 0 Å². The predicted molar refractivity (Wildman–Crippen MR) is 83.3 cm³/mol. The van der Waals surface area contributed by atoms with E-state index >= 15 is 0 Å². The summed E-state index contributed by atoms with van der Waals surface area (Å²) in [6, 6.07) is 9.76. The number of hydrogen-bond donors (Lipinski definition) is 2. The first-order valence-corrected chi connectivity index (χ1v) is 7.64. The van der Waals surface area contributed by atoms with E-state index in [4.69, 9.17) is 10.6 Å². The molecule has 4 nitrogen and oxygen atoms in total. The van der Waals surface area contributed by atoms with Crippen molar-refractivity contribution in [2.24, 2.45) is 5.84 Å². The van der Waals surface area contributed by atoms with Gasteiger partial charge in [-0.25, -0.2) is 5.84 Å². The summed E-state index contributed by atoms with van der Waals surface area (Å²) in [5.74, 6) is 4.86. The average Bonchev–Trinajstić information content (AvgIpc) is 2.81. The van der Waals surface area contributed by atoms with Crippen molar-refractivity contribution in [3.05, 3.63) is 55.7 Å². The van der Waals surface area contributed by atoms with Crippen LogP contribution in [0.15, 0.2) is 34.8 Å². The van der Waals surface area contributed by atoms with Gasteiger partial charge in [-0.05, 0) is 30.2 Å². The monoisotopic (exact) mass is 354 g/mol. The molecule has 0 aliphatic carbocycles. The minimum Gasteiger partial charge on any atom is -0.372 e. The Kier molecular flexibility index (Phi) is 5.31. The van der Waals surface area contributed by atoms with Crippen molar-refractivity contribution < 1.29 is 9.53 Å². The number of hydrogen-bond acceptors (Lipinski definition) is 4. The van der Waals surface area contributed by atoms with Crippen molar-refractivity contribution in [2.75, 3.05) is 0 Å². The summed E-state index contributed by atoms with van der Waals surface area (Å²) in [5, 5.41) is 0. The Labute approximate surface area is 130 Å². The lowest BCUT2D eigenvalue weighted by molar-refractivity contribution is 0.0956. The summed E-state index contributed by atoms with van der Waals surface area (Å²) < 4.78 is 6.74. The van der Waals surface area contributed by atoms with E-state index in [1.54, 1.807) is 0 Å². The number of nitrogens with one attached hydrogen (secondary N) is 1. The normalized spacial score (nSPS) is 10.6. The number of rotatable bonds is 5. The zero-order valence-corrected chi connectivity index (χ0v) is 13.4. The lowest BCUT2D eigenvalue weighted by Gasteiger charge is -2.05. The van der Waals surface area contributed by atoms with Gasteiger partial charge in [0, 0.05) is 9.35 Å². The Balaban J connectivity index is 1.96. The van der Waals surface area contributed by atoms with Crippen LogP contribution >= 0.6 is 27.3 Å². The van der Waals surface area contributed by atoms with Crippen LogP contribution in [0, 0.1) is 6.92 Å². The second-order valence-corrected chi connectivity index (χ2v) is 6.36. The highest BCUT2D eigenvalue weighted by atomic mass is 79.9. The number of carbonyl (C=O) groups is 1. The Morgan fingerprint density at radius 1 is 1.35 bits per heavy atom. The maximum atomic E-state index is 11.4. The minimum absolute atomic E-state index is 0.268. The summed E-state index contributed by atoms with van der Waals surface area (Å²) >= 11 is 4.90. The molecule has 0 aliphatic heterocycles. The maximum absolute atomic E-state index is 11.4. The summed E-state index contributed by atoms with van der Waals surface area (Å²) in [4.78, 5) is 13.1. The quantitative estimate of drug-likeness (QED) is 0.492. The van der Waals surface area contributed by atoms with Crippen LogP contribution in [0.2, 0.25) is 0 Å². The number of thiophene rings is 1. The number of carbonyl (C=O) groups excluding carboxylic acids is 1. The van der Waals surface area contributed by atoms with Gasteiger partial charge in [0.2, 0.25) is 0 Å². The van der Waals surface area contributed by atoms with E-state index in [0.717, 1.165) is 20.5 Å². The molecule has 0 unspecified atom stereocenters. The molecule has 6 heteroatoms. The molecule has 1 amide bonds. The van der Waals surface area contributed by atoms with Crippen LogP contribution in [0.3, 0.4) is 0 Å². The second kappa shape index (κ2) is 6.99. The van der Waals surface area contributed by atoms with Gasteiger partial charge in [0.25, 0.3) is 5.91 Å². The van der Waals surface area contributed by atoms with Crippen LogP contribution < -0.4 is 11.3 Å². The number of nitrogens with two attached hydrogens (primary N) is 1. The first kappa shape index (κ1) is 15.2. The van der Waals surface area contributed by atoms with Gasteiger partial charge in [-0.1, -0.05) is 34.1 Å². The summed E-state index contributed by atoms with van der Waals surface area (Å²) in [7, 11) is 0. The third kappa shape index (κ3) is 3.67. The fraction of sp³-hybridized carbons (Fsp3) is 0.214. The number of halogens is 1. The van der Waals surface area contributed by atoms with Gasteiger partial charge >= 0.3 is 0 Å². The van der Waals surface area contributed by atoms with E-state index < -0.39 is 0 Å². The lowest BCUT2D eigenvalue weighted by atomic mass is 10.2. The minimum atomic E-state index is -0.268. The van der Waals surface area contributed by atoms with Crippen LogP contribution in [0.4, 0.5) is 0 Å². The lowest BCUT2D eigenvalue weighted by Crippen LogP contribution is -2.29. The molecule has 2 rings (SSSR count). The van der Waals surface area contributed by atoms with Gasteiger partial charge in [-0.2, -0.15) is 0 Å². The van der Waals surface area contributed by atoms with Gasteiger partial charge in [0.05, 0.1) is 18.1 Å². The standard InChI is InChI=1S/C14H15BrN2O2S/c1-9-11(6-13(20-9)14(18)17-16)8-19-7-10-4-2-3-5-12(10)15/h2-6H,7-8,16H2,1H3,(H,17,18). The van der Waals surface area contributed by atoms with Crippen LogP contribution in [-0.4, -0.2) is 5.91 Å². The van der Waals surface area contributed by atoms with Crippen molar-refractivity contribution >= 4 is 33.2 Å². The molecule has 0 saturated heterocycles. The SMILES string of the molecule is Cc1sc(C(=O)NN)cc1COCc1ccccc1Br. The zero-order valence-electron chi connectivity index (χ0n) is 11.0. The van der Waals surface area contributed by atoms with Crippen molar-refractivity contribution in [3.8, 4) is 0 Å². The zero-order chi connectivity index (χ0) is 14.5. The largest absolute Gasteiger partial charge is 0.372 e. The number of amides is 1. The first-order chi connectivity index (χ1) is 9.61. The highest BCUT2D eigenvalue weighted by Gasteiger charge is 2.11. The molecule has 0 saturated carbocycles. The molecule has 1 heterocycles. The van der Waals surface area contributed by atoms with Crippen molar-refractivity contribution in [2.45, 2.75) is 20.1 Å². The molecule has 1 aromatic heterocycles. The molecule has 2 aromatic rings. The maximum Gasteiger partial charge on any atom is 0.275 e. The smallest absolute Gasteiger partial charge is 0.275 e. The van der Waals surface area contributed by atoms with Gasteiger partial charge in [-0.15, -0.1) is 11.3 Å². The molecular weight excluding hydrogens is 340 g/mol. The third-order valence-corrected chi connectivity index (χ3v) is 4.71. The number of ether oxygens (including phenoxy) is 1. The molecule has 0 fully saturated rings. The Morgan fingerprint density at radius 3 is 2.75 bits per heavy atom. The van der Waals surface area contributed by atoms with E-state index in [1.807, 2.05) is 37.3 Å². The molecule has 20 heavy (non-hydrogen) atoms. The van der Waals surface area contributed by atoms with Crippen LogP contribution in [0.5, 0.6) is 0 Å². The average molecular weight is 355 g/mol. The number of aryl methyl sites for hydroxylation is 1. The summed E-state index contributed by atoms with van der Waals surface area (Å²) in [6.45, 7) is 2.96. The molecule has 0 radical (unpaired) electrons. The highest BCUT2D eigenvalue weighted by molar-refractivity contribution is 9.10. The third-order valence-electron chi connectivity index (χ3n) is 2.85. The topological polar surface area (TPSA) is 64.4 Å². The van der Waals surface area contributed by atoms with Crippen LogP contribution in [0.1, 0.15) is 25.7 Å². The van der Waals surface area contributed by atoms with Crippen molar-refractivity contribution in [1.29, 1.82) is 0 Å². The molecule has 0 aliphatic rings. The molecule has 106 valence electrons. The van der Waals surface area contributed by atoms with E-state index in [9.17, 15) is 4.79 Å². The number of hydrazine groups is 1.